The SMILES string of the molecule is CCCCCC(O)CCCCCCCCCCCC(CCCCC)S(=O)(=O)[O-].[K+]. The summed E-state index contributed by atoms with van der Waals surface area (Å²) in [6.07, 6.45) is 19.7. The van der Waals surface area contributed by atoms with E-state index in [4.69, 9.17) is 0 Å². The fourth-order valence-electron chi connectivity index (χ4n) is 3.82. The van der Waals surface area contributed by atoms with Gasteiger partial charge in [0.2, 0.25) is 0 Å². The van der Waals surface area contributed by atoms with Gasteiger partial charge in [0, 0.05) is 5.25 Å². The van der Waals surface area contributed by atoms with Crippen molar-refractivity contribution in [2.75, 3.05) is 0 Å². The molecule has 0 fully saturated rings. The molecule has 0 heterocycles. The quantitative estimate of drug-likeness (QED) is 0.162. The van der Waals surface area contributed by atoms with Gasteiger partial charge in [-0.15, -0.1) is 0 Å². The summed E-state index contributed by atoms with van der Waals surface area (Å²) in [5, 5.41) is 9.22. The first-order valence-electron chi connectivity index (χ1n) is 12.0. The van der Waals surface area contributed by atoms with Crippen LogP contribution in [0.2, 0.25) is 0 Å². The van der Waals surface area contributed by atoms with Gasteiger partial charge in [-0.1, -0.05) is 110 Å². The van der Waals surface area contributed by atoms with E-state index in [2.05, 4.69) is 13.8 Å². The first-order valence-corrected chi connectivity index (χ1v) is 13.5. The Morgan fingerprint density at radius 2 is 0.931 bits per heavy atom. The Balaban J connectivity index is 0. The molecule has 4 nitrogen and oxygen atoms in total. The third-order valence-corrected chi connectivity index (χ3v) is 7.03. The van der Waals surface area contributed by atoms with Crippen molar-refractivity contribution in [1.82, 2.24) is 0 Å². The molecule has 0 aromatic heterocycles. The minimum atomic E-state index is -4.14. The van der Waals surface area contributed by atoms with Crippen molar-refractivity contribution in [1.29, 1.82) is 0 Å². The van der Waals surface area contributed by atoms with Gasteiger partial charge in [0.05, 0.1) is 16.2 Å². The monoisotopic (exact) mass is 458 g/mol. The standard InChI is InChI=1S/C23H48O4S.K/c1-3-5-14-18-22(24)19-16-12-10-8-7-9-11-13-17-21-23(28(25,26)27)20-15-6-4-2;/h22-24H,3-21H2,1-2H3,(H,25,26,27);/q;+1/p-1. The van der Waals surface area contributed by atoms with Crippen LogP contribution in [0.25, 0.3) is 0 Å². The van der Waals surface area contributed by atoms with Gasteiger partial charge < -0.3 is 9.66 Å². The minimum Gasteiger partial charge on any atom is -0.748 e. The minimum absolute atomic E-state index is 0. The van der Waals surface area contributed by atoms with Crippen LogP contribution in [0.1, 0.15) is 136 Å². The smallest absolute Gasteiger partial charge is 0.748 e. The summed E-state index contributed by atoms with van der Waals surface area (Å²) in [6.45, 7) is 4.27. The summed E-state index contributed by atoms with van der Waals surface area (Å²) in [5.74, 6) is 0. The first-order chi connectivity index (χ1) is 13.4. The molecule has 0 spiro atoms. The van der Waals surface area contributed by atoms with Crippen LogP contribution in [0.5, 0.6) is 0 Å². The summed E-state index contributed by atoms with van der Waals surface area (Å²) >= 11 is 0. The van der Waals surface area contributed by atoms with E-state index in [1.165, 1.54) is 44.9 Å². The van der Waals surface area contributed by atoms with E-state index in [1.807, 2.05) is 0 Å². The molecule has 0 aliphatic rings. The summed E-state index contributed by atoms with van der Waals surface area (Å²) < 4.78 is 34.1. The molecule has 0 amide bonds. The predicted octanol–water partition coefficient (Wildman–Crippen LogP) is 3.72. The van der Waals surface area contributed by atoms with E-state index in [0.717, 1.165) is 64.2 Å². The summed E-state index contributed by atoms with van der Waals surface area (Å²) in [6, 6.07) is 0. The van der Waals surface area contributed by atoms with E-state index < -0.39 is 15.4 Å². The Hall–Kier alpha value is 1.51. The number of aliphatic hydroxyl groups excluding tert-OH is 1. The maximum Gasteiger partial charge on any atom is 1.00 e. The van der Waals surface area contributed by atoms with Crippen molar-refractivity contribution in [3.63, 3.8) is 0 Å². The molecule has 2 atom stereocenters. The maximum absolute atomic E-state index is 11.4. The molecule has 0 bridgehead atoms. The first kappa shape index (κ1) is 32.7. The molecular weight excluding hydrogens is 411 g/mol. The molecule has 0 aliphatic heterocycles. The van der Waals surface area contributed by atoms with Crippen molar-refractivity contribution in [3.05, 3.63) is 0 Å². The molecule has 0 rings (SSSR count). The van der Waals surface area contributed by atoms with Gasteiger partial charge in [0.1, 0.15) is 0 Å². The van der Waals surface area contributed by atoms with E-state index >= 15 is 0 Å². The summed E-state index contributed by atoms with van der Waals surface area (Å²) in [7, 11) is -4.14. The number of hydrogen-bond acceptors (Lipinski definition) is 4. The van der Waals surface area contributed by atoms with Gasteiger partial charge in [-0.3, -0.25) is 0 Å². The van der Waals surface area contributed by atoms with E-state index in [1.54, 1.807) is 0 Å². The van der Waals surface area contributed by atoms with Crippen LogP contribution >= 0.6 is 0 Å². The van der Waals surface area contributed by atoms with Gasteiger partial charge in [0.15, 0.2) is 0 Å². The zero-order chi connectivity index (χ0) is 21.1. The Kier molecular flexibility index (Phi) is 25.6. The average Bonchev–Trinajstić information content (AvgIpc) is 2.64. The third kappa shape index (κ3) is 22.5. The van der Waals surface area contributed by atoms with Crippen LogP contribution in [0, 0.1) is 0 Å². The molecule has 0 aromatic carbocycles. The predicted molar refractivity (Wildman–Crippen MR) is 119 cm³/mol. The second-order valence-electron chi connectivity index (χ2n) is 8.52. The molecule has 0 aliphatic carbocycles. The molecular formula is C23H47KO4S. The molecule has 0 aromatic rings. The Morgan fingerprint density at radius 3 is 1.31 bits per heavy atom. The van der Waals surface area contributed by atoms with Gasteiger partial charge >= 0.3 is 51.4 Å². The van der Waals surface area contributed by atoms with Crippen LogP contribution < -0.4 is 51.4 Å². The molecule has 1 N–H and O–H groups in total. The largest absolute Gasteiger partial charge is 1.00 e. The van der Waals surface area contributed by atoms with Crippen LogP contribution in [0.15, 0.2) is 0 Å². The molecule has 6 heteroatoms. The fourth-order valence-corrected chi connectivity index (χ4v) is 4.73. The van der Waals surface area contributed by atoms with E-state index in [0.29, 0.717) is 12.8 Å². The van der Waals surface area contributed by atoms with Gasteiger partial charge in [-0.05, 0) is 25.7 Å². The summed E-state index contributed by atoms with van der Waals surface area (Å²) in [4.78, 5) is 0. The van der Waals surface area contributed by atoms with Crippen molar-refractivity contribution >= 4 is 10.1 Å². The van der Waals surface area contributed by atoms with E-state index in [9.17, 15) is 18.1 Å². The number of unbranched alkanes of at least 4 members (excludes halogenated alkanes) is 12. The Labute approximate surface area is 224 Å². The number of rotatable bonds is 21. The van der Waals surface area contributed by atoms with Gasteiger partial charge in [-0.25, -0.2) is 8.42 Å². The zero-order valence-electron chi connectivity index (χ0n) is 19.7. The van der Waals surface area contributed by atoms with Gasteiger partial charge in [-0.2, -0.15) is 0 Å². The molecule has 0 radical (unpaired) electrons. The van der Waals surface area contributed by atoms with Crippen molar-refractivity contribution in [3.8, 4) is 0 Å². The van der Waals surface area contributed by atoms with E-state index in [-0.39, 0.29) is 57.5 Å². The normalized spacial score (nSPS) is 13.8. The average molecular weight is 459 g/mol. The number of aliphatic hydroxyl groups is 1. The second kappa shape index (κ2) is 22.7. The van der Waals surface area contributed by atoms with Crippen LogP contribution in [0.3, 0.4) is 0 Å². The van der Waals surface area contributed by atoms with Crippen molar-refractivity contribution in [2.24, 2.45) is 0 Å². The van der Waals surface area contributed by atoms with Crippen LogP contribution in [-0.4, -0.2) is 29.4 Å². The Morgan fingerprint density at radius 1 is 0.621 bits per heavy atom. The topological polar surface area (TPSA) is 77.4 Å². The third-order valence-electron chi connectivity index (χ3n) is 5.74. The van der Waals surface area contributed by atoms with Gasteiger partial charge in [0.25, 0.3) is 0 Å². The molecule has 170 valence electrons. The zero-order valence-corrected chi connectivity index (χ0v) is 23.6. The van der Waals surface area contributed by atoms with Crippen LogP contribution in [0.4, 0.5) is 0 Å². The molecule has 2 unspecified atom stereocenters. The molecule has 0 saturated heterocycles. The van der Waals surface area contributed by atoms with Crippen molar-refractivity contribution < 1.29 is 69.5 Å². The number of hydrogen-bond donors (Lipinski definition) is 1. The second-order valence-corrected chi connectivity index (χ2v) is 10.2. The molecule has 29 heavy (non-hydrogen) atoms. The maximum atomic E-state index is 11.4. The summed E-state index contributed by atoms with van der Waals surface area (Å²) in [5.41, 5.74) is 0. The fraction of sp³-hybridized carbons (Fsp3) is 1.00. The van der Waals surface area contributed by atoms with Crippen molar-refractivity contribution in [2.45, 2.75) is 147 Å². The Bertz CT molecular complexity index is 429. The van der Waals surface area contributed by atoms with Crippen LogP contribution in [-0.2, 0) is 10.1 Å². The molecule has 0 saturated carbocycles.